The van der Waals surface area contributed by atoms with E-state index in [1.54, 1.807) is 0 Å². The Hall–Kier alpha value is -1.22. The summed E-state index contributed by atoms with van der Waals surface area (Å²) in [7, 11) is 0. The van der Waals surface area contributed by atoms with Crippen LogP contribution in [0.25, 0.3) is 0 Å². The molecule has 1 rings (SSSR count). The quantitative estimate of drug-likeness (QED) is 0.579. The van der Waals surface area contributed by atoms with Crippen LogP contribution in [-0.2, 0) is 6.42 Å². The van der Waals surface area contributed by atoms with Crippen LogP contribution in [0.2, 0.25) is 0 Å². The average Bonchev–Trinajstić information content (AvgIpc) is 2.33. The number of hydrogen-bond acceptors (Lipinski definition) is 1. The molecule has 0 radical (unpaired) electrons. The summed E-state index contributed by atoms with van der Waals surface area (Å²) < 4.78 is 26.9. The Balaban J connectivity index is 2.44. The van der Waals surface area contributed by atoms with Crippen LogP contribution < -0.4 is 5.32 Å². The van der Waals surface area contributed by atoms with Crippen LogP contribution in [0.5, 0.6) is 0 Å². The highest BCUT2D eigenvalue weighted by Crippen LogP contribution is 2.16. The molecule has 1 aromatic carbocycles. The van der Waals surface area contributed by atoms with Gasteiger partial charge in [0.05, 0.1) is 0 Å². The van der Waals surface area contributed by atoms with Gasteiger partial charge in [-0.25, -0.2) is 8.78 Å². The zero-order chi connectivity index (χ0) is 14.3. The lowest BCUT2D eigenvalue weighted by Gasteiger charge is -2.07. The zero-order valence-electron chi connectivity index (χ0n) is 12.0. The molecule has 0 aliphatic rings. The van der Waals surface area contributed by atoms with Crippen molar-refractivity contribution in [3.05, 3.63) is 47.0 Å². The fourth-order valence-corrected chi connectivity index (χ4v) is 1.86. The second-order valence-electron chi connectivity index (χ2n) is 5.31. The first-order valence-corrected chi connectivity index (χ1v) is 6.80. The van der Waals surface area contributed by atoms with Crippen molar-refractivity contribution < 1.29 is 8.78 Å². The van der Waals surface area contributed by atoms with Crippen molar-refractivity contribution in [2.75, 3.05) is 13.1 Å². The van der Waals surface area contributed by atoms with E-state index in [1.165, 1.54) is 18.2 Å². The highest BCUT2D eigenvalue weighted by atomic mass is 19.1. The molecule has 0 saturated carbocycles. The summed E-state index contributed by atoms with van der Waals surface area (Å²) in [5.74, 6) is -0.297. The Bertz CT molecular complexity index is 405. The lowest BCUT2D eigenvalue weighted by Crippen LogP contribution is -2.20. The normalized spacial score (nSPS) is 12.2. The van der Waals surface area contributed by atoms with E-state index in [9.17, 15) is 8.78 Å². The van der Waals surface area contributed by atoms with Crippen LogP contribution in [0, 0.1) is 17.6 Å². The standard InChI is InChI=1S/C16H23F2N/c1-12(2)11-19-9-5-6-13(3)10-14-15(17)7-4-8-16(14)18/h4,6-8,12,19H,5,9-11H2,1-3H3/b13-6-. The fourth-order valence-electron chi connectivity index (χ4n) is 1.86. The Morgan fingerprint density at radius 3 is 2.47 bits per heavy atom. The molecule has 0 bridgehead atoms. The Morgan fingerprint density at radius 2 is 1.89 bits per heavy atom. The largest absolute Gasteiger partial charge is 0.316 e. The van der Waals surface area contributed by atoms with Gasteiger partial charge in [-0.1, -0.05) is 31.6 Å². The van der Waals surface area contributed by atoms with E-state index in [1.807, 2.05) is 13.0 Å². The Labute approximate surface area is 114 Å². The predicted octanol–water partition coefficient (Wildman–Crippen LogP) is 4.09. The minimum atomic E-state index is -0.467. The monoisotopic (exact) mass is 267 g/mol. The number of benzene rings is 1. The molecule has 0 unspecified atom stereocenters. The molecule has 1 nitrogen and oxygen atoms in total. The molecule has 0 spiro atoms. The van der Waals surface area contributed by atoms with Crippen molar-refractivity contribution in [2.24, 2.45) is 5.92 Å². The summed E-state index contributed by atoms with van der Waals surface area (Å²) >= 11 is 0. The van der Waals surface area contributed by atoms with Gasteiger partial charge in [-0.2, -0.15) is 0 Å². The van der Waals surface area contributed by atoms with Crippen LogP contribution >= 0.6 is 0 Å². The Kier molecular flexibility index (Phi) is 6.71. The van der Waals surface area contributed by atoms with Crippen molar-refractivity contribution in [2.45, 2.75) is 33.6 Å². The van der Waals surface area contributed by atoms with Crippen molar-refractivity contribution in [1.82, 2.24) is 5.32 Å². The van der Waals surface area contributed by atoms with Crippen molar-refractivity contribution in [1.29, 1.82) is 0 Å². The van der Waals surface area contributed by atoms with Gasteiger partial charge >= 0.3 is 0 Å². The molecule has 19 heavy (non-hydrogen) atoms. The summed E-state index contributed by atoms with van der Waals surface area (Å²) in [6, 6.07) is 3.99. The molecule has 1 N–H and O–H groups in total. The van der Waals surface area contributed by atoms with E-state index in [-0.39, 0.29) is 5.56 Å². The first kappa shape index (κ1) is 15.8. The maximum atomic E-state index is 13.5. The second-order valence-corrected chi connectivity index (χ2v) is 5.31. The minimum Gasteiger partial charge on any atom is -0.316 e. The van der Waals surface area contributed by atoms with Crippen molar-refractivity contribution >= 4 is 0 Å². The number of allylic oxidation sites excluding steroid dienone is 1. The van der Waals surface area contributed by atoms with E-state index >= 15 is 0 Å². The number of halogens is 2. The number of rotatable bonds is 7. The lowest BCUT2D eigenvalue weighted by molar-refractivity contribution is 0.554. The SMILES string of the molecule is C/C(=C/CCNCC(C)C)Cc1c(F)cccc1F. The van der Waals surface area contributed by atoms with Crippen LogP contribution in [0.15, 0.2) is 29.8 Å². The van der Waals surface area contributed by atoms with E-state index in [4.69, 9.17) is 0 Å². The molecule has 0 saturated heterocycles. The van der Waals surface area contributed by atoms with Gasteiger partial charge in [-0.3, -0.25) is 0 Å². The maximum absolute atomic E-state index is 13.5. The van der Waals surface area contributed by atoms with Gasteiger partial charge in [0.15, 0.2) is 0 Å². The first-order valence-electron chi connectivity index (χ1n) is 6.80. The van der Waals surface area contributed by atoms with Gasteiger partial charge in [0.2, 0.25) is 0 Å². The molecule has 0 heterocycles. The second kappa shape index (κ2) is 8.05. The molecule has 106 valence electrons. The van der Waals surface area contributed by atoms with E-state index in [0.717, 1.165) is 25.1 Å². The molecule has 0 fully saturated rings. The maximum Gasteiger partial charge on any atom is 0.129 e. The molecule has 0 atom stereocenters. The summed E-state index contributed by atoms with van der Waals surface area (Å²) in [4.78, 5) is 0. The fraction of sp³-hybridized carbons (Fsp3) is 0.500. The Morgan fingerprint density at radius 1 is 1.26 bits per heavy atom. The third kappa shape index (κ3) is 5.97. The van der Waals surface area contributed by atoms with Gasteiger partial charge in [0, 0.05) is 5.56 Å². The number of nitrogens with one attached hydrogen (secondary N) is 1. The van der Waals surface area contributed by atoms with Gasteiger partial charge in [0.25, 0.3) is 0 Å². The van der Waals surface area contributed by atoms with Crippen LogP contribution in [0.3, 0.4) is 0 Å². The molecule has 3 heteroatoms. The van der Waals surface area contributed by atoms with E-state index < -0.39 is 11.6 Å². The summed E-state index contributed by atoms with van der Waals surface area (Å²) in [5.41, 5.74) is 1.15. The minimum absolute atomic E-state index is 0.159. The van der Waals surface area contributed by atoms with Gasteiger partial charge in [-0.05, 0) is 50.9 Å². The third-order valence-electron chi connectivity index (χ3n) is 2.88. The number of hydrogen-bond donors (Lipinski definition) is 1. The molecular weight excluding hydrogens is 244 g/mol. The van der Waals surface area contributed by atoms with Crippen molar-refractivity contribution in [3.63, 3.8) is 0 Å². The summed E-state index contributed by atoms with van der Waals surface area (Å²) in [5, 5.41) is 3.33. The molecular formula is C16H23F2N. The van der Waals surface area contributed by atoms with Gasteiger partial charge in [0.1, 0.15) is 11.6 Å². The van der Waals surface area contributed by atoms with E-state index in [0.29, 0.717) is 12.3 Å². The zero-order valence-corrected chi connectivity index (χ0v) is 12.0. The first-order chi connectivity index (χ1) is 9.00. The van der Waals surface area contributed by atoms with Crippen LogP contribution in [-0.4, -0.2) is 13.1 Å². The predicted molar refractivity (Wildman–Crippen MR) is 76.1 cm³/mol. The van der Waals surface area contributed by atoms with E-state index in [2.05, 4.69) is 19.2 Å². The molecule has 1 aromatic rings. The molecule has 0 aliphatic carbocycles. The smallest absolute Gasteiger partial charge is 0.129 e. The van der Waals surface area contributed by atoms with Crippen molar-refractivity contribution in [3.8, 4) is 0 Å². The highest BCUT2D eigenvalue weighted by Gasteiger charge is 2.08. The summed E-state index contributed by atoms with van der Waals surface area (Å²) in [6.45, 7) is 8.13. The molecule has 0 amide bonds. The van der Waals surface area contributed by atoms with Gasteiger partial charge in [-0.15, -0.1) is 0 Å². The topological polar surface area (TPSA) is 12.0 Å². The average molecular weight is 267 g/mol. The van der Waals surface area contributed by atoms with Crippen LogP contribution in [0.1, 0.15) is 32.8 Å². The highest BCUT2D eigenvalue weighted by molar-refractivity contribution is 5.24. The van der Waals surface area contributed by atoms with Gasteiger partial charge < -0.3 is 5.32 Å². The molecule has 0 aromatic heterocycles. The lowest BCUT2D eigenvalue weighted by atomic mass is 10.0. The summed E-state index contributed by atoms with van der Waals surface area (Å²) in [6.07, 6.45) is 3.26. The third-order valence-corrected chi connectivity index (χ3v) is 2.88. The molecule has 0 aliphatic heterocycles. The van der Waals surface area contributed by atoms with Crippen LogP contribution in [0.4, 0.5) is 8.78 Å².